The number of rotatable bonds is 8. The van der Waals surface area contributed by atoms with Crippen LogP contribution in [-0.2, 0) is 16.1 Å². The number of hydrogen-bond acceptors (Lipinski definition) is 6. The highest BCUT2D eigenvalue weighted by molar-refractivity contribution is 5.90. The Balaban J connectivity index is 2.38. The molecular weight excluding hydrogens is 264 g/mol. The summed E-state index contributed by atoms with van der Waals surface area (Å²) >= 11 is 0. The summed E-state index contributed by atoms with van der Waals surface area (Å²) in [6.45, 7) is 1.59. The van der Waals surface area contributed by atoms with E-state index in [2.05, 4.69) is 5.32 Å². The number of carbonyl (C=O) groups is 2. The van der Waals surface area contributed by atoms with E-state index in [-0.39, 0.29) is 18.2 Å². The monoisotopic (exact) mass is 284 g/mol. The predicted octanol–water partition coefficient (Wildman–Crippen LogP) is -0.922. The van der Waals surface area contributed by atoms with Gasteiger partial charge in [-0.05, 0) is 19.2 Å². The number of nitrogens with two attached hydrogens (primary N) is 1. The normalized spacial score (nSPS) is 10.6. The zero-order valence-corrected chi connectivity index (χ0v) is 11.6. The standard InChI is InChI=1S/C12H20N4O4/c1-16(8-11(17)14-5-6-19-2)7-9-3-4-10(20-9)12(18)15-13/h3-4H,5-8,13H2,1-2H3,(H,14,17)(H,15,18). The summed E-state index contributed by atoms with van der Waals surface area (Å²) in [6.07, 6.45) is 0. The molecule has 1 heterocycles. The lowest BCUT2D eigenvalue weighted by molar-refractivity contribution is -0.122. The number of hydrogen-bond donors (Lipinski definition) is 3. The lowest BCUT2D eigenvalue weighted by Crippen LogP contribution is -2.36. The first-order valence-corrected chi connectivity index (χ1v) is 6.10. The molecule has 0 spiro atoms. The number of hydrazine groups is 1. The van der Waals surface area contributed by atoms with Gasteiger partial charge in [0.2, 0.25) is 5.91 Å². The zero-order valence-electron chi connectivity index (χ0n) is 11.6. The van der Waals surface area contributed by atoms with Crippen molar-refractivity contribution in [2.75, 3.05) is 33.9 Å². The average Bonchev–Trinajstić information content (AvgIpc) is 2.86. The summed E-state index contributed by atoms with van der Waals surface area (Å²) in [6, 6.07) is 3.20. The molecule has 0 aliphatic rings. The molecule has 1 rings (SSSR count). The van der Waals surface area contributed by atoms with Crippen LogP contribution in [0.1, 0.15) is 16.3 Å². The second kappa shape index (κ2) is 8.31. The summed E-state index contributed by atoms with van der Waals surface area (Å²) < 4.78 is 10.1. The molecule has 20 heavy (non-hydrogen) atoms. The van der Waals surface area contributed by atoms with Crippen LogP contribution in [0.2, 0.25) is 0 Å². The minimum absolute atomic E-state index is 0.101. The third-order valence-corrected chi connectivity index (χ3v) is 2.48. The Hall–Kier alpha value is -1.90. The number of nitrogen functional groups attached to an aromatic ring is 1. The Morgan fingerprint density at radius 1 is 1.45 bits per heavy atom. The fourth-order valence-electron chi connectivity index (χ4n) is 1.57. The van der Waals surface area contributed by atoms with E-state index in [1.54, 1.807) is 25.1 Å². The number of carbonyl (C=O) groups excluding carboxylic acids is 2. The number of likely N-dealkylation sites (N-methyl/N-ethyl adjacent to an activating group) is 1. The van der Waals surface area contributed by atoms with Crippen LogP contribution in [0.3, 0.4) is 0 Å². The van der Waals surface area contributed by atoms with Crippen LogP contribution in [0.5, 0.6) is 0 Å². The van der Waals surface area contributed by atoms with Crippen molar-refractivity contribution in [1.82, 2.24) is 15.6 Å². The summed E-state index contributed by atoms with van der Waals surface area (Å²) in [4.78, 5) is 24.5. The van der Waals surface area contributed by atoms with Crippen molar-refractivity contribution < 1.29 is 18.7 Å². The van der Waals surface area contributed by atoms with Crippen LogP contribution >= 0.6 is 0 Å². The molecule has 0 aliphatic heterocycles. The van der Waals surface area contributed by atoms with Crippen LogP contribution < -0.4 is 16.6 Å². The number of methoxy groups -OCH3 is 1. The van der Waals surface area contributed by atoms with Gasteiger partial charge in [0.15, 0.2) is 5.76 Å². The van der Waals surface area contributed by atoms with Gasteiger partial charge in [-0.25, -0.2) is 5.84 Å². The van der Waals surface area contributed by atoms with Gasteiger partial charge in [-0.15, -0.1) is 0 Å². The molecule has 0 unspecified atom stereocenters. The molecule has 8 heteroatoms. The molecule has 0 saturated heterocycles. The summed E-state index contributed by atoms with van der Waals surface area (Å²) in [5.74, 6) is 5.13. The molecule has 4 N–H and O–H groups in total. The third-order valence-electron chi connectivity index (χ3n) is 2.48. The fourth-order valence-corrected chi connectivity index (χ4v) is 1.57. The van der Waals surface area contributed by atoms with Crippen molar-refractivity contribution in [3.63, 3.8) is 0 Å². The maximum atomic E-state index is 11.6. The minimum Gasteiger partial charge on any atom is -0.455 e. The lowest BCUT2D eigenvalue weighted by Gasteiger charge is -2.14. The van der Waals surface area contributed by atoms with Crippen molar-refractivity contribution in [2.45, 2.75) is 6.54 Å². The smallest absolute Gasteiger partial charge is 0.300 e. The van der Waals surface area contributed by atoms with E-state index >= 15 is 0 Å². The predicted molar refractivity (Wildman–Crippen MR) is 71.6 cm³/mol. The maximum absolute atomic E-state index is 11.6. The van der Waals surface area contributed by atoms with E-state index in [4.69, 9.17) is 15.0 Å². The van der Waals surface area contributed by atoms with Gasteiger partial charge >= 0.3 is 5.91 Å². The van der Waals surface area contributed by atoms with Gasteiger partial charge in [-0.2, -0.15) is 0 Å². The van der Waals surface area contributed by atoms with Gasteiger partial charge in [-0.1, -0.05) is 0 Å². The molecule has 112 valence electrons. The Morgan fingerprint density at radius 2 is 2.20 bits per heavy atom. The van der Waals surface area contributed by atoms with Crippen molar-refractivity contribution >= 4 is 11.8 Å². The molecule has 0 atom stereocenters. The summed E-state index contributed by atoms with van der Waals surface area (Å²) in [5.41, 5.74) is 1.99. The van der Waals surface area contributed by atoms with Crippen molar-refractivity contribution in [2.24, 2.45) is 5.84 Å². The zero-order chi connectivity index (χ0) is 15.0. The molecular formula is C12H20N4O4. The molecule has 0 aliphatic carbocycles. The number of nitrogens with one attached hydrogen (secondary N) is 2. The van der Waals surface area contributed by atoms with Gasteiger partial charge in [0.25, 0.3) is 0 Å². The lowest BCUT2D eigenvalue weighted by atomic mass is 10.4. The molecule has 1 aromatic heterocycles. The second-order valence-electron chi connectivity index (χ2n) is 4.25. The molecule has 0 aromatic carbocycles. The van der Waals surface area contributed by atoms with Crippen LogP contribution in [-0.4, -0.2) is 50.6 Å². The van der Waals surface area contributed by atoms with Crippen molar-refractivity contribution in [3.05, 3.63) is 23.7 Å². The van der Waals surface area contributed by atoms with Crippen molar-refractivity contribution in [3.8, 4) is 0 Å². The first kappa shape index (κ1) is 16.2. The Bertz CT molecular complexity index is 446. The van der Waals surface area contributed by atoms with Crippen molar-refractivity contribution in [1.29, 1.82) is 0 Å². The van der Waals surface area contributed by atoms with Gasteiger partial charge in [-0.3, -0.25) is 19.9 Å². The largest absolute Gasteiger partial charge is 0.455 e. The number of ether oxygens (including phenoxy) is 1. The average molecular weight is 284 g/mol. The molecule has 2 amide bonds. The number of nitrogens with zero attached hydrogens (tertiary/aromatic N) is 1. The van der Waals surface area contributed by atoms with Crippen LogP contribution in [0.15, 0.2) is 16.5 Å². The second-order valence-corrected chi connectivity index (χ2v) is 4.25. The number of amides is 2. The third kappa shape index (κ3) is 5.39. The summed E-state index contributed by atoms with van der Waals surface area (Å²) in [7, 11) is 3.35. The molecule has 0 radical (unpaired) electrons. The Labute approximate surface area is 117 Å². The first-order valence-electron chi connectivity index (χ1n) is 6.10. The van der Waals surface area contributed by atoms with Gasteiger partial charge < -0.3 is 14.5 Å². The quantitative estimate of drug-likeness (QED) is 0.246. The Morgan fingerprint density at radius 3 is 2.85 bits per heavy atom. The highest BCUT2D eigenvalue weighted by Gasteiger charge is 2.12. The van der Waals surface area contributed by atoms with E-state index in [0.29, 0.717) is 25.5 Å². The highest BCUT2D eigenvalue weighted by atomic mass is 16.5. The highest BCUT2D eigenvalue weighted by Crippen LogP contribution is 2.09. The van der Waals surface area contributed by atoms with E-state index in [1.807, 2.05) is 5.43 Å². The maximum Gasteiger partial charge on any atom is 0.300 e. The Kier molecular flexibility index (Phi) is 6.71. The molecule has 8 nitrogen and oxygen atoms in total. The molecule has 0 fully saturated rings. The molecule has 0 saturated carbocycles. The molecule has 1 aromatic rings. The van der Waals surface area contributed by atoms with Gasteiger partial charge in [0.05, 0.1) is 19.7 Å². The SMILES string of the molecule is COCCNC(=O)CN(C)Cc1ccc(C(=O)NN)o1. The van der Waals surface area contributed by atoms with Crippen LogP contribution in [0.4, 0.5) is 0 Å². The van der Waals surface area contributed by atoms with Crippen LogP contribution in [0.25, 0.3) is 0 Å². The van der Waals surface area contributed by atoms with Crippen LogP contribution in [0, 0.1) is 0 Å². The minimum atomic E-state index is -0.490. The summed E-state index contributed by atoms with van der Waals surface area (Å²) in [5, 5.41) is 2.72. The number of furan rings is 1. The van der Waals surface area contributed by atoms with E-state index < -0.39 is 5.91 Å². The van der Waals surface area contributed by atoms with Gasteiger partial charge in [0, 0.05) is 13.7 Å². The van der Waals surface area contributed by atoms with E-state index in [1.165, 1.54) is 6.07 Å². The molecule has 0 bridgehead atoms. The topological polar surface area (TPSA) is 110 Å². The fraction of sp³-hybridized carbons (Fsp3) is 0.500. The van der Waals surface area contributed by atoms with E-state index in [0.717, 1.165) is 0 Å². The first-order chi connectivity index (χ1) is 9.56. The van der Waals surface area contributed by atoms with Gasteiger partial charge in [0.1, 0.15) is 5.76 Å². The van der Waals surface area contributed by atoms with E-state index in [9.17, 15) is 9.59 Å².